The van der Waals surface area contributed by atoms with Gasteiger partial charge in [0.2, 0.25) is 0 Å². The van der Waals surface area contributed by atoms with Crippen molar-refractivity contribution in [1.82, 2.24) is 0 Å². The number of aliphatic carboxylic acids is 1. The fraction of sp³-hybridized carbons (Fsp3) is 0.0909. The molecule has 17 heavy (non-hydrogen) atoms. The number of carbonyl (C=O) groups excluding carboxylic acids is 1. The van der Waals surface area contributed by atoms with Crippen molar-refractivity contribution in [2.24, 2.45) is 0 Å². The Bertz CT molecular complexity index is 493. The number of rotatable bonds is 5. The molecule has 1 aromatic rings. The van der Waals surface area contributed by atoms with Crippen molar-refractivity contribution >= 4 is 24.0 Å². The highest BCUT2D eigenvalue weighted by atomic mass is 16.6. The molecule has 6 heteroatoms. The zero-order chi connectivity index (χ0) is 12.8. The maximum absolute atomic E-state index is 10.7. The average Bonchev–Trinajstić information content (AvgIpc) is 2.28. The Labute approximate surface area is 96.3 Å². The summed E-state index contributed by atoms with van der Waals surface area (Å²) < 4.78 is 0. The number of carbonyl (C=O) groups is 2. The van der Waals surface area contributed by atoms with Gasteiger partial charge in [-0.25, -0.2) is 0 Å². The van der Waals surface area contributed by atoms with Crippen LogP contribution in [0.4, 0.5) is 5.69 Å². The molecule has 0 aliphatic carbocycles. The van der Waals surface area contributed by atoms with Crippen LogP contribution < -0.4 is 0 Å². The molecule has 0 atom stereocenters. The minimum atomic E-state index is -0.990. The van der Waals surface area contributed by atoms with E-state index in [0.29, 0.717) is 11.8 Å². The summed E-state index contributed by atoms with van der Waals surface area (Å²) in [5.74, 6) is -0.990. The molecule has 0 saturated heterocycles. The molecular weight excluding hydrogens is 226 g/mol. The first-order valence-electron chi connectivity index (χ1n) is 4.66. The first-order valence-corrected chi connectivity index (χ1v) is 4.66. The third-order valence-electron chi connectivity index (χ3n) is 2.00. The van der Waals surface area contributed by atoms with Crippen molar-refractivity contribution in [1.29, 1.82) is 0 Å². The largest absolute Gasteiger partial charge is 0.481 e. The first kappa shape index (κ1) is 12.6. The van der Waals surface area contributed by atoms with Gasteiger partial charge >= 0.3 is 5.97 Å². The van der Waals surface area contributed by atoms with Crippen LogP contribution in [-0.4, -0.2) is 22.3 Å². The minimum Gasteiger partial charge on any atom is -0.481 e. The van der Waals surface area contributed by atoms with Gasteiger partial charge in [0.1, 0.15) is 0 Å². The number of benzene rings is 1. The van der Waals surface area contributed by atoms with Gasteiger partial charge in [0, 0.05) is 17.7 Å². The molecular formula is C11H9NO5. The van der Waals surface area contributed by atoms with Crippen LogP contribution in [0.15, 0.2) is 24.3 Å². The smallest absolute Gasteiger partial charge is 0.307 e. The average molecular weight is 235 g/mol. The predicted octanol–water partition coefficient (Wildman–Crippen LogP) is 1.90. The van der Waals surface area contributed by atoms with E-state index >= 15 is 0 Å². The van der Waals surface area contributed by atoms with E-state index in [2.05, 4.69) is 0 Å². The van der Waals surface area contributed by atoms with Crippen molar-refractivity contribution < 1.29 is 19.6 Å². The van der Waals surface area contributed by atoms with Gasteiger partial charge < -0.3 is 5.11 Å². The third kappa shape index (κ3) is 3.53. The van der Waals surface area contributed by atoms with Crippen LogP contribution in [-0.2, 0) is 4.79 Å². The minimum absolute atomic E-state index is 0.154. The van der Waals surface area contributed by atoms with E-state index in [9.17, 15) is 19.7 Å². The number of carboxylic acids is 1. The lowest BCUT2D eigenvalue weighted by molar-refractivity contribution is -0.384. The van der Waals surface area contributed by atoms with Crippen molar-refractivity contribution in [2.75, 3.05) is 0 Å². The maximum atomic E-state index is 10.7. The van der Waals surface area contributed by atoms with Gasteiger partial charge in [-0.15, -0.1) is 0 Å². The molecule has 0 bridgehead atoms. The third-order valence-corrected chi connectivity index (χ3v) is 2.00. The maximum Gasteiger partial charge on any atom is 0.307 e. The number of hydrogen-bond donors (Lipinski definition) is 1. The van der Waals surface area contributed by atoms with Gasteiger partial charge in [0.25, 0.3) is 5.69 Å². The SMILES string of the molecule is O=Cc1cc([N+](=O)[O-])ccc1C=CCC(=O)O. The van der Waals surface area contributed by atoms with E-state index in [4.69, 9.17) is 5.11 Å². The number of carboxylic acid groups (broad SMARTS) is 1. The van der Waals surface area contributed by atoms with E-state index in [0.717, 1.165) is 6.07 Å². The van der Waals surface area contributed by atoms with Crippen molar-refractivity contribution in [3.05, 3.63) is 45.5 Å². The lowest BCUT2D eigenvalue weighted by atomic mass is 10.1. The highest BCUT2D eigenvalue weighted by molar-refractivity contribution is 5.83. The van der Waals surface area contributed by atoms with Crippen LogP contribution in [0.5, 0.6) is 0 Å². The van der Waals surface area contributed by atoms with E-state index in [1.807, 2.05) is 0 Å². The Morgan fingerprint density at radius 1 is 1.41 bits per heavy atom. The Hall–Kier alpha value is -2.50. The quantitative estimate of drug-likeness (QED) is 0.477. The summed E-state index contributed by atoms with van der Waals surface area (Å²) in [5, 5.41) is 18.9. The van der Waals surface area contributed by atoms with Crippen LogP contribution in [0, 0.1) is 10.1 Å². The number of aldehydes is 1. The van der Waals surface area contributed by atoms with Crippen LogP contribution in [0.3, 0.4) is 0 Å². The number of non-ortho nitro benzene ring substituents is 1. The molecule has 1 aromatic carbocycles. The molecule has 0 heterocycles. The number of hydrogen-bond acceptors (Lipinski definition) is 4. The lowest BCUT2D eigenvalue weighted by Crippen LogP contribution is -1.93. The highest BCUT2D eigenvalue weighted by Crippen LogP contribution is 2.17. The molecule has 0 aliphatic rings. The molecule has 0 spiro atoms. The van der Waals surface area contributed by atoms with Crippen molar-refractivity contribution in [2.45, 2.75) is 6.42 Å². The van der Waals surface area contributed by atoms with E-state index < -0.39 is 10.9 Å². The van der Waals surface area contributed by atoms with Crippen molar-refractivity contribution in [3.8, 4) is 0 Å². The lowest BCUT2D eigenvalue weighted by Gasteiger charge is -1.98. The number of nitro groups is 1. The van der Waals surface area contributed by atoms with Crippen LogP contribution >= 0.6 is 0 Å². The molecule has 0 amide bonds. The van der Waals surface area contributed by atoms with Gasteiger partial charge in [-0.1, -0.05) is 12.2 Å². The van der Waals surface area contributed by atoms with Gasteiger partial charge in [0.05, 0.1) is 11.3 Å². The second kappa shape index (κ2) is 5.55. The standard InChI is InChI=1S/C11H9NO5/c13-7-9-6-10(12(16)17)5-4-8(9)2-1-3-11(14)15/h1-2,4-7H,3H2,(H,14,15). The monoisotopic (exact) mass is 235 g/mol. The molecule has 0 aliphatic heterocycles. The zero-order valence-electron chi connectivity index (χ0n) is 8.70. The summed E-state index contributed by atoms with van der Waals surface area (Å²) in [6, 6.07) is 3.81. The molecule has 1 rings (SSSR count). The normalized spacial score (nSPS) is 10.4. The molecule has 0 fully saturated rings. The second-order valence-corrected chi connectivity index (χ2v) is 3.19. The summed E-state index contributed by atoms with van der Waals surface area (Å²) in [5.41, 5.74) is 0.426. The Balaban J connectivity index is 3.00. The molecule has 0 radical (unpaired) electrons. The number of nitrogens with zero attached hydrogens (tertiary/aromatic N) is 1. The van der Waals surface area contributed by atoms with Crippen LogP contribution in [0.2, 0.25) is 0 Å². The van der Waals surface area contributed by atoms with Gasteiger partial charge in [-0.3, -0.25) is 19.7 Å². The zero-order valence-corrected chi connectivity index (χ0v) is 8.70. The Kier molecular flexibility index (Phi) is 4.10. The Morgan fingerprint density at radius 3 is 2.65 bits per heavy atom. The van der Waals surface area contributed by atoms with E-state index in [1.165, 1.54) is 24.3 Å². The Morgan fingerprint density at radius 2 is 2.12 bits per heavy atom. The summed E-state index contributed by atoms with van der Waals surface area (Å²) in [7, 11) is 0. The summed E-state index contributed by atoms with van der Waals surface area (Å²) in [6.07, 6.45) is 3.14. The number of nitro benzene ring substituents is 1. The van der Waals surface area contributed by atoms with Crippen molar-refractivity contribution in [3.63, 3.8) is 0 Å². The fourth-order valence-electron chi connectivity index (χ4n) is 1.22. The first-order chi connectivity index (χ1) is 8.04. The van der Waals surface area contributed by atoms with E-state index in [1.54, 1.807) is 0 Å². The van der Waals surface area contributed by atoms with Crippen LogP contribution in [0.1, 0.15) is 22.3 Å². The fourth-order valence-corrected chi connectivity index (χ4v) is 1.22. The molecule has 0 saturated carbocycles. The van der Waals surface area contributed by atoms with Crippen LogP contribution in [0.25, 0.3) is 6.08 Å². The molecule has 0 unspecified atom stereocenters. The summed E-state index contributed by atoms with van der Waals surface area (Å²) in [4.78, 5) is 30.9. The highest BCUT2D eigenvalue weighted by Gasteiger charge is 2.08. The second-order valence-electron chi connectivity index (χ2n) is 3.19. The van der Waals surface area contributed by atoms with E-state index in [-0.39, 0.29) is 17.7 Å². The molecule has 0 aromatic heterocycles. The van der Waals surface area contributed by atoms with Gasteiger partial charge in [-0.05, 0) is 11.6 Å². The molecule has 88 valence electrons. The topological polar surface area (TPSA) is 97.5 Å². The van der Waals surface area contributed by atoms with Gasteiger partial charge in [-0.2, -0.15) is 0 Å². The molecule has 1 N–H and O–H groups in total. The molecule has 6 nitrogen and oxygen atoms in total. The predicted molar refractivity (Wildman–Crippen MR) is 59.8 cm³/mol. The van der Waals surface area contributed by atoms with Gasteiger partial charge in [0.15, 0.2) is 6.29 Å². The summed E-state index contributed by atoms with van der Waals surface area (Å²) in [6.45, 7) is 0. The summed E-state index contributed by atoms with van der Waals surface area (Å²) >= 11 is 0.